The highest BCUT2D eigenvalue weighted by molar-refractivity contribution is 9.09. The lowest BCUT2D eigenvalue weighted by atomic mass is 9.98. The van der Waals surface area contributed by atoms with Gasteiger partial charge in [0.15, 0.2) is 0 Å². The Morgan fingerprint density at radius 2 is 0.906 bits per heavy atom. The van der Waals surface area contributed by atoms with E-state index in [4.69, 9.17) is 24.1 Å². The monoisotopic (exact) mass is 1360 g/mol. The van der Waals surface area contributed by atoms with Crippen LogP contribution in [0.15, 0.2) is 24.8 Å². The number of piperidine rings is 2. The van der Waals surface area contributed by atoms with E-state index in [9.17, 15) is 31.2 Å². The van der Waals surface area contributed by atoms with Crippen LogP contribution in [-0.2, 0) is 34.3 Å². The zero-order valence-electron chi connectivity index (χ0n) is 50.9. The number of hydrogen-bond donors (Lipinski definition) is 1. The fourth-order valence-electron chi connectivity index (χ4n) is 10.2. The average Bonchev–Trinajstić information content (AvgIpc) is 3.26. The van der Waals surface area contributed by atoms with E-state index < -0.39 is 20.0 Å². The number of piperazine rings is 2. The van der Waals surface area contributed by atoms with Crippen molar-refractivity contribution in [2.45, 2.75) is 167 Å². The number of aromatic nitrogens is 4. The smallest absolute Gasteiger partial charge is 0.410 e. The van der Waals surface area contributed by atoms with Crippen LogP contribution in [-0.4, -0.2) is 209 Å². The van der Waals surface area contributed by atoms with Crippen LogP contribution in [0.5, 0.6) is 11.8 Å². The van der Waals surface area contributed by atoms with Gasteiger partial charge in [-0.25, -0.2) is 46.4 Å². The number of carbonyl (C=O) groups excluding carboxylic acids is 3. The van der Waals surface area contributed by atoms with E-state index in [1.54, 1.807) is 50.1 Å². The van der Waals surface area contributed by atoms with Crippen molar-refractivity contribution >= 4 is 81.5 Å². The standard InChI is InChI=1S/2C25H39N5O5S.C5H9BrO.C4H7BrO/c2*1-24(5-6-24)9-16-36(32,33)30-14-12-28(13-15-30)21-17-27-22(18-26-21)34-19-20-3-10-29(11-4-20)23(31)35-25(2)7-8-25;6-4-3-5(7)1-2-5;1-4(6)2-3-5/h2*17-18,20H,3-16,19H2,1-2H3;7H,1-4H2;2-3H2,1H3. The normalized spacial score (nSPS) is 22.8. The molecule has 2 aromatic heterocycles. The van der Waals surface area contributed by atoms with Crippen LogP contribution >= 0.6 is 31.9 Å². The molecule has 2 aromatic rings. The van der Waals surface area contributed by atoms with Gasteiger partial charge in [-0.15, -0.1) is 0 Å². The first-order chi connectivity index (χ1) is 40.3. The molecule has 2 amide bonds. The lowest BCUT2D eigenvalue weighted by Crippen LogP contribution is -2.49. The number of anilines is 2. The van der Waals surface area contributed by atoms with Gasteiger partial charge < -0.3 is 43.7 Å². The Morgan fingerprint density at radius 1 is 0.529 bits per heavy atom. The Hall–Kier alpha value is -3.69. The second-order valence-electron chi connectivity index (χ2n) is 26.4. The molecule has 0 aromatic carbocycles. The molecule has 22 nitrogen and oxygen atoms in total. The average molecular weight is 1360 g/mol. The van der Waals surface area contributed by atoms with E-state index in [0.29, 0.717) is 122 Å². The molecular formula is C59H94Br2N10O12S2. The number of hydrogen-bond acceptors (Lipinski definition) is 18. The molecule has 6 heterocycles. The Labute approximate surface area is 521 Å². The molecule has 5 saturated carbocycles. The maximum Gasteiger partial charge on any atom is 0.410 e. The Bertz CT molecular complexity index is 2550. The Kier molecular flexibility index (Phi) is 23.2. The van der Waals surface area contributed by atoms with E-state index >= 15 is 0 Å². The third-order valence-electron chi connectivity index (χ3n) is 18.4. The summed E-state index contributed by atoms with van der Waals surface area (Å²) in [5.41, 5.74) is -0.228. The highest BCUT2D eigenvalue weighted by atomic mass is 79.9. The van der Waals surface area contributed by atoms with Gasteiger partial charge in [-0.2, -0.15) is 8.61 Å². The van der Waals surface area contributed by atoms with E-state index in [0.717, 1.165) is 131 Å². The predicted octanol–water partition coefficient (Wildman–Crippen LogP) is 8.45. The van der Waals surface area contributed by atoms with Crippen LogP contribution in [0, 0.1) is 22.7 Å². The number of rotatable bonds is 22. The number of aliphatic hydroxyl groups is 1. The van der Waals surface area contributed by atoms with Gasteiger partial charge in [0.1, 0.15) is 28.6 Å². The van der Waals surface area contributed by atoms with Crippen LogP contribution in [0.2, 0.25) is 0 Å². The number of alkyl halides is 2. The fraction of sp³-hybridized carbons (Fsp3) is 0.814. The quantitative estimate of drug-likeness (QED) is 0.109. The highest BCUT2D eigenvalue weighted by Gasteiger charge is 2.45. The van der Waals surface area contributed by atoms with Crippen molar-refractivity contribution in [3.63, 3.8) is 0 Å². The number of carbonyl (C=O) groups is 3. The van der Waals surface area contributed by atoms with Crippen molar-refractivity contribution in [2.75, 3.05) is 124 Å². The summed E-state index contributed by atoms with van der Waals surface area (Å²) < 4.78 is 76.9. The zero-order valence-corrected chi connectivity index (χ0v) is 55.7. The van der Waals surface area contributed by atoms with Crippen molar-refractivity contribution in [1.82, 2.24) is 38.3 Å². The molecule has 0 bridgehead atoms. The summed E-state index contributed by atoms with van der Waals surface area (Å²) in [4.78, 5) is 60.1. The van der Waals surface area contributed by atoms with Gasteiger partial charge in [-0.05, 0) is 153 Å². The molecule has 1 N–H and O–H groups in total. The van der Waals surface area contributed by atoms with Crippen LogP contribution in [0.1, 0.15) is 150 Å². The number of amides is 2. The minimum absolute atomic E-state index is 0.193. The van der Waals surface area contributed by atoms with Gasteiger partial charge in [0.05, 0.1) is 55.1 Å². The van der Waals surface area contributed by atoms with E-state index in [-0.39, 0.29) is 57.1 Å². The SMILES string of the molecule is CC(=O)CCBr.CC1(CCS(=O)(=O)N2CCN(c3cnc(OCC4CCN(C(=O)OC5(C)CC5)CC4)cn3)CC2)CC1.CC1(CCS(=O)(=O)N2CCN(c3cnc(OCC4CCN(C(=O)OC5(C)CC5)CC4)cn3)CC2)CC1.OC1(CCBr)CC1. The number of halogens is 2. The molecule has 9 fully saturated rings. The summed E-state index contributed by atoms with van der Waals surface area (Å²) in [6.07, 6.45) is 23.3. The van der Waals surface area contributed by atoms with Crippen molar-refractivity contribution in [3.8, 4) is 11.8 Å². The second-order valence-corrected chi connectivity index (χ2v) is 32.1. The number of ketones is 1. The minimum atomic E-state index is -3.20. The molecule has 0 spiro atoms. The van der Waals surface area contributed by atoms with E-state index in [1.165, 1.54) is 0 Å². The molecule has 478 valence electrons. The zero-order chi connectivity index (χ0) is 61.1. The third-order valence-corrected chi connectivity index (χ3v) is 22.9. The third kappa shape index (κ3) is 21.8. The van der Waals surface area contributed by atoms with Crippen LogP contribution in [0.25, 0.3) is 0 Å². The maximum atomic E-state index is 12.7. The molecular weight excluding hydrogens is 1260 g/mol. The Morgan fingerprint density at radius 3 is 1.16 bits per heavy atom. The highest BCUT2D eigenvalue weighted by Crippen LogP contribution is 2.49. The first-order valence-corrected chi connectivity index (χ1v) is 36.4. The van der Waals surface area contributed by atoms with Gasteiger partial charge in [0.25, 0.3) is 0 Å². The van der Waals surface area contributed by atoms with Gasteiger partial charge in [0.2, 0.25) is 31.8 Å². The summed E-state index contributed by atoms with van der Waals surface area (Å²) in [6, 6.07) is 0. The summed E-state index contributed by atoms with van der Waals surface area (Å²) in [5.74, 6) is 3.91. The second kappa shape index (κ2) is 29.3. The number of likely N-dealkylation sites (tertiary alicyclic amines) is 2. The lowest BCUT2D eigenvalue weighted by Gasteiger charge is -2.34. The van der Waals surface area contributed by atoms with Crippen LogP contribution in [0.4, 0.5) is 21.2 Å². The molecule has 85 heavy (non-hydrogen) atoms. The predicted molar refractivity (Wildman–Crippen MR) is 333 cm³/mol. The maximum absolute atomic E-state index is 12.7. The number of nitrogens with zero attached hydrogens (tertiary/aromatic N) is 10. The fourth-order valence-corrected chi connectivity index (χ4v) is 15.0. The van der Waals surface area contributed by atoms with Crippen molar-refractivity contribution in [2.24, 2.45) is 22.7 Å². The molecule has 26 heteroatoms. The molecule has 9 aliphatic rings. The van der Waals surface area contributed by atoms with Gasteiger partial charge in [0, 0.05) is 95.6 Å². The van der Waals surface area contributed by atoms with Gasteiger partial charge in [-0.3, -0.25) is 4.79 Å². The van der Waals surface area contributed by atoms with E-state index in [2.05, 4.69) is 75.4 Å². The topological polar surface area (TPSA) is 248 Å². The first-order valence-electron chi connectivity index (χ1n) is 31.0. The molecule has 0 atom stereocenters. The molecule has 11 rings (SSSR count). The Balaban J connectivity index is 0.000000183. The first kappa shape index (κ1) is 67.2. The molecule has 0 radical (unpaired) electrons. The molecule has 4 aliphatic heterocycles. The van der Waals surface area contributed by atoms with Gasteiger partial charge >= 0.3 is 12.2 Å². The van der Waals surface area contributed by atoms with Crippen molar-refractivity contribution < 1.29 is 55.3 Å². The van der Waals surface area contributed by atoms with Crippen molar-refractivity contribution in [1.29, 1.82) is 0 Å². The lowest BCUT2D eigenvalue weighted by molar-refractivity contribution is -0.116. The summed E-state index contributed by atoms with van der Waals surface area (Å²) >= 11 is 6.39. The van der Waals surface area contributed by atoms with E-state index in [1.807, 2.05) is 13.8 Å². The summed E-state index contributed by atoms with van der Waals surface area (Å²) in [7, 11) is -6.40. The number of ether oxygens (including phenoxy) is 4. The summed E-state index contributed by atoms with van der Waals surface area (Å²) in [6.45, 7) is 18.1. The molecule has 4 saturated heterocycles. The minimum Gasteiger partial charge on any atom is -0.476 e. The summed E-state index contributed by atoms with van der Waals surface area (Å²) in [5, 5.41) is 10.8. The number of sulfonamides is 2. The molecule has 5 aliphatic carbocycles. The number of Topliss-reactive ketones (excluding diaryl/α,β-unsaturated/α-hetero) is 1. The molecule has 0 unspecified atom stereocenters. The van der Waals surface area contributed by atoms with Gasteiger partial charge in [-0.1, -0.05) is 45.7 Å². The largest absolute Gasteiger partial charge is 0.476 e. The van der Waals surface area contributed by atoms with Crippen LogP contribution < -0.4 is 19.3 Å². The van der Waals surface area contributed by atoms with Crippen molar-refractivity contribution in [3.05, 3.63) is 24.8 Å². The van der Waals surface area contributed by atoms with Crippen LogP contribution in [0.3, 0.4) is 0 Å².